The van der Waals surface area contributed by atoms with Crippen molar-refractivity contribution in [1.82, 2.24) is 0 Å². The summed E-state index contributed by atoms with van der Waals surface area (Å²) in [5, 5.41) is 122. The molecule has 3 heterocycles. The Hall–Kier alpha value is -4.77. The highest BCUT2D eigenvalue weighted by atomic mass is 16.7. The van der Waals surface area contributed by atoms with E-state index >= 15 is 0 Å². The van der Waals surface area contributed by atoms with Gasteiger partial charge in [-0.2, -0.15) is 0 Å². The molecule has 0 radical (unpaired) electrons. The van der Waals surface area contributed by atoms with E-state index in [9.17, 15) is 65.8 Å². The van der Waals surface area contributed by atoms with Crippen molar-refractivity contribution < 1.29 is 99.0 Å². The van der Waals surface area contributed by atoms with Crippen LogP contribution in [0.15, 0.2) is 34.7 Å². The van der Waals surface area contributed by atoms with Crippen LogP contribution in [0.3, 0.4) is 0 Å². The van der Waals surface area contributed by atoms with Gasteiger partial charge in [-0.15, -0.1) is 0 Å². The SMILES string of the molecule is O=C(O)CC(=O)OC[C@H]1O[C@@H](Oc2cc3c(O[C@@H]4O[C@H](CO)[C@@H](O)[C@H](O)[C@H]4O)cc(O)cc3[o+]c2-c2cc(O)c(O)c(O)c2)[C@@H](O)[C@@H](O)[C@@H]1O. The van der Waals surface area contributed by atoms with Crippen molar-refractivity contribution in [1.29, 1.82) is 0 Å². The second-order valence-corrected chi connectivity index (χ2v) is 11.4. The number of phenols is 4. The van der Waals surface area contributed by atoms with Crippen LogP contribution in [0.25, 0.3) is 22.3 Å². The van der Waals surface area contributed by atoms with Crippen LogP contribution in [0.2, 0.25) is 0 Å². The molecule has 5 rings (SSSR count). The first-order valence-electron chi connectivity index (χ1n) is 14.7. The summed E-state index contributed by atoms with van der Waals surface area (Å²) in [5.74, 6) is -6.85. The number of hydrogen-bond acceptors (Lipinski definition) is 18. The molecule has 0 spiro atoms. The lowest BCUT2D eigenvalue weighted by molar-refractivity contribution is -0.278. The maximum atomic E-state index is 11.8. The van der Waals surface area contributed by atoms with E-state index < -0.39 is 122 Å². The van der Waals surface area contributed by atoms with Crippen LogP contribution < -0.4 is 9.47 Å². The van der Waals surface area contributed by atoms with Gasteiger partial charge in [0.2, 0.25) is 18.3 Å². The van der Waals surface area contributed by atoms with Crippen LogP contribution in [-0.2, 0) is 23.8 Å². The Morgan fingerprint density at radius 2 is 1.28 bits per heavy atom. The van der Waals surface area contributed by atoms with Gasteiger partial charge in [0.05, 0.1) is 18.2 Å². The highest BCUT2D eigenvalue weighted by Gasteiger charge is 2.47. The number of aliphatic hydroxyl groups excluding tert-OH is 7. The number of carboxylic acids is 1. The Morgan fingerprint density at radius 3 is 1.86 bits per heavy atom. The number of fused-ring (bicyclic) bond motifs is 1. The fourth-order valence-corrected chi connectivity index (χ4v) is 5.21. The number of benzene rings is 2. The summed E-state index contributed by atoms with van der Waals surface area (Å²) in [6.07, 6.45) is -18.9. The maximum Gasteiger partial charge on any atom is 0.402 e. The third-order valence-corrected chi connectivity index (χ3v) is 7.84. The Kier molecular flexibility index (Phi) is 10.7. The van der Waals surface area contributed by atoms with E-state index in [1.807, 2.05) is 0 Å². The van der Waals surface area contributed by atoms with Gasteiger partial charge < -0.3 is 85.0 Å². The van der Waals surface area contributed by atoms with E-state index in [4.69, 9.17) is 33.2 Å². The molecule has 2 aliphatic heterocycles. The molecule has 0 bridgehead atoms. The minimum atomic E-state index is -2.01. The van der Waals surface area contributed by atoms with Gasteiger partial charge in [0, 0.05) is 24.3 Å². The van der Waals surface area contributed by atoms with Crippen LogP contribution >= 0.6 is 0 Å². The zero-order valence-electron chi connectivity index (χ0n) is 25.4. The van der Waals surface area contributed by atoms with Gasteiger partial charge in [-0.3, -0.25) is 9.59 Å². The number of esters is 1. The first kappa shape index (κ1) is 36.5. The number of carboxylic acid groups (broad SMARTS) is 1. The van der Waals surface area contributed by atoms with Gasteiger partial charge in [0.1, 0.15) is 78.7 Å². The zero-order valence-corrected chi connectivity index (χ0v) is 25.4. The predicted octanol–water partition coefficient (Wildman–Crippen LogP) is -2.41. The Balaban J connectivity index is 1.57. The number of ether oxygens (including phenoxy) is 5. The Bertz CT molecular complexity index is 1710. The van der Waals surface area contributed by atoms with Crippen molar-refractivity contribution in [3.8, 4) is 45.8 Å². The minimum Gasteiger partial charge on any atom is -0.507 e. The number of carbonyl (C=O) groups is 2. The third-order valence-electron chi connectivity index (χ3n) is 7.84. The summed E-state index contributed by atoms with van der Waals surface area (Å²) in [6.45, 7) is -1.57. The standard InChI is InChI=1S/C30H32O20/c31-7-17-22(39)24(41)26(43)29(49-17)47-15-4-10(32)3-14-11(15)5-16(28(46-14)9-1-12(33)21(38)13(34)2-9)48-30-27(44)25(42)23(40)18(50-30)8-45-20(37)6-19(35)36/h1-5,17-18,22-27,29-31,39-44H,6-8H2,(H4-,32,33,34,35,36,38)/p+1/t17-,18-,22-,23-,24+,25+,26-,27+,29-,30-/m1/s1. The van der Waals surface area contributed by atoms with Gasteiger partial charge >= 0.3 is 23.3 Å². The second-order valence-electron chi connectivity index (χ2n) is 11.4. The molecule has 2 aromatic carbocycles. The molecular formula is C30H33O20+. The lowest BCUT2D eigenvalue weighted by Crippen LogP contribution is -2.60. The average molecular weight is 714 g/mol. The molecular weight excluding hydrogens is 680 g/mol. The van der Waals surface area contributed by atoms with E-state index in [2.05, 4.69) is 0 Å². The molecule has 50 heavy (non-hydrogen) atoms. The van der Waals surface area contributed by atoms with Gasteiger partial charge in [-0.1, -0.05) is 0 Å². The number of carbonyl (C=O) groups excluding carboxylic acids is 1. The van der Waals surface area contributed by atoms with Crippen molar-refractivity contribution in [2.75, 3.05) is 13.2 Å². The second kappa shape index (κ2) is 14.6. The number of hydrogen-bond donors (Lipinski definition) is 12. The minimum absolute atomic E-state index is 0.0873. The summed E-state index contributed by atoms with van der Waals surface area (Å²) < 4.78 is 33.3. The van der Waals surface area contributed by atoms with Crippen LogP contribution in [0, 0.1) is 0 Å². The third kappa shape index (κ3) is 7.38. The predicted molar refractivity (Wildman–Crippen MR) is 158 cm³/mol. The molecule has 0 saturated carbocycles. The van der Waals surface area contributed by atoms with Gasteiger partial charge in [0.15, 0.2) is 17.2 Å². The summed E-state index contributed by atoms with van der Waals surface area (Å²) in [6, 6.07) is 5.11. The van der Waals surface area contributed by atoms with Gasteiger partial charge in [0.25, 0.3) is 0 Å². The number of rotatable bonds is 10. The lowest BCUT2D eigenvalue weighted by Gasteiger charge is -2.39. The first-order valence-corrected chi connectivity index (χ1v) is 14.7. The molecule has 20 nitrogen and oxygen atoms in total. The van der Waals surface area contributed by atoms with E-state index in [0.29, 0.717) is 0 Å². The van der Waals surface area contributed by atoms with Crippen LogP contribution in [0.1, 0.15) is 6.42 Å². The van der Waals surface area contributed by atoms with E-state index in [0.717, 1.165) is 30.3 Å². The van der Waals surface area contributed by atoms with Crippen LogP contribution in [0.5, 0.6) is 34.5 Å². The zero-order chi connectivity index (χ0) is 36.6. The molecule has 1 aromatic heterocycles. The number of aliphatic hydroxyl groups is 7. The summed E-state index contributed by atoms with van der Waals surface area (Å²) in [5.41, 5.74) is -0.387. The topological polar surface area (TPSA) is 334 Å². The molecule has 12 N–H and O–H groups in total. The molecule has 2 saturated heterocycles. The number of phenolic OH excluding ortho intramolecular Hbond substituents is 4. The fourth-order valence-electron chi connectivity index (χ4n) is 5.21. The largest absolute Gasteiger partial charge is 0.507 e. The molecule has 0 unspecified atom stereocenters. The van der Waals surface area contributed by atoms with E-state index in [-0.39, 0.29) is 28.0 Å². The molecule has 2 aliphatic rings. The molecule has 10 atom stereocenters. The van der Waals surface area contributed by atoms with E-state index in [1.165, 1.54) is 0 Å². The summed E-state index contributed by atoms with van der Waals surface area (Å²) in [7, 11) is 0. The molecule has 272 valence electrons. The number of aromatic hydroxyl groups is 4. The van der Waals surface area contributed by atoms with Crippen LogP contribution in [-0.4, -0.2) is 148 Å². The van der Waals surface area contributed by atoms with E-state index in [1.54, 1.807) is 0 Å². The molecule has 0 aliphatic carbocycles. The monoisotopic (exact) mass is 713 g/mol. The molecule has 20 heteroatoms. The molecule has 2 fully saturated rings. The van der Waals surface area contributed by atoms with Crippen molar-refractivity contribution in [3.05, 3.63) is 30.3 Å². The summed E-state index contributed by atoms with van der Waals surface area (Å²) in [4.78, 5) is 22.6. The van der Waals surface area contributed by atoms with Crippen molar-refractivity contribution in [3.63, 3.8) is 0 Å². The van der Waals surface area contributed by atoms with Crippen molar-refractivity contribution >= 4 is 22.9 Å². The van der Waals surface area contributed by atoms with Crippen molar-refractivity contribution in [2.24, 2.45) is 0 Å². The summed E-state index contributed by atoms with van der Waals surface area (Å²) >= 11 is 0. The smallest absolute Gasteiger partial charge is 0.402 e. The van der Waals surface area contributed by atoms with Crippen LogP contribution in [0.4, 0.5) is 0 Å². The lowest BCUT2D eigenvalue weighted by atomic mass is 9.99. The molecule has 0 amide bonds. The fraction of sp³-hybridized carbons (Fsp3) is 0.433. The van der Waals surface area contributed by atoms with Gasteiger partial charge in [-0.25, -0.2) is 4.42 Å². The van der Waals surface area contributed by atoms with Gasteiger partial charge in [-0.05, 0) is 0 Å². The number of aliphatic carboxylic acids is 1. The Morgan fingerprint density at radius 1 is 0.720 bits per heavy atom. The quantitative estimate of drug-likeness (QED) is 0.0450. The highest BCUT2D eigenvalue weighted by molar-refractivity contribution is 5.90. The highest BCUT2D eigenvalue weighted by Crippen LogP contribution is 2.45. The normalized spacial score (nSPS) is 29.7. The molecule has 3 aromatic rings. The average Bonchev–Trinajstić information content (AvgIpc) is 3.06. The Labute approximate surface area is 279 Å². The van der Waals surface area contributed by atoms with Crippen molar-refractivity contribution in [2.45, 2.75) is 67.8 Å². The maximum absolute atomic E-state index is 11.8. The first-order chi connectivity index (χ1) is 23.6.